The van der Waals surface area contributed by atoms with E-state index in [0.717, 1.165) is 12.0 Å². The minimum Gasteiger partial charge on any atom is -0.445 e. The monoisotopic (exact) mass is 515 g/mol. The lowest BCUT2D eigenvalue weighted by Gasteiger charge is -2.31. The fourth-order valence-electron chi connectivity index (χ4n) is 4.31. The second-order valence-corrected chi connectivity index (χ2v) is 10.2. The third-order valence-electron chi connectivity index (χ3n) is 6.54. The van der Waals surface area contributed by atoms with Crippen LogP contribution in [0.4, 0.5) is 4.79 Å². The van der Waals surface area contributed by atoms with E-state index < -0.39 is 41.7 Å². The predicted molar refractivity (Wildman–Crippen MR) is 139 cm³/mol. The molecule has 1 heterocycles. The molecule has 9 heteroatoms. The lowest BCUT2D eigenvalue weighted by atomic mass is 9.94. The zero-order chi connectivity index (χ0) is 27.5. The Kier molecular flexibility index (Phi) is 11.8. The largest absolute Gasteiger partial charge is 0.445 e. The Morgan fingerprint density at radius 2 is 1.62 bits per heavy atom. The van der Waals surface area contributed by atoms with E-state index in [1.807, 2.05) is 37.3 Å². The number of hydrogen-bond acceptors (Lipinski definition) is 6. The van der Waals surface area contributed by atoms with Gasteiger partial charge < -0.3 is 20.3 Å². The van der Waals surface area contributed by atoms with E-state index in [9.17, 15) is 24.0 Å². The molecule has 0 saturated carbocycles. The lowest BCUT2D eigenvalue weighted by Crippen LogP contribution is -2.57. The predicted octanol–water partition coefficient (Wildman–Crippen LogP) is 3.40. The highest BCUT2D eigenvalue weighted by Gasteiger charge is 2.40. The maximum Gasteiger partial charge on any atom is 0.408 e. The van der Waals surface area contributed by atoms with E-state index in [1.54, 1.807) is 27.7 Å². The SMILES string of the molecule is CCCCC(=O)C(=O)[C@@H](NC(=O)[C@@H]1CCCN1C(=O)[C@@H](NC(=O)OCc1ccccc1)C(C)C)C(C)C. The fraction of sp³-hybridized carbons (Fsp3) is 0.607. The molecule has 1 aliphatic heterocycles. The maximum atomic E-state index is 13.4. The van der Waals surface area contributed by atoms with Crippen LogP contribution in [0.1, 0.15) is 72.3 Å². The van der Waals surface area contributed by atoms with Crippen molar-refractivity contribution < 1.29 is 28.7 Å². The zero-order valence-electron chi connectivity index (χ0n) is 22.6. The number of carbonyl (C=O) groups is 5. The smallest absolute Gasteiger partial charge is 0.408 e. The highest BCUT2D eigenvalue weighted by Crippen LogP contribution is 2.21. The van der Waals surface area contributed by atoms with Crippen LogP contribution in [0.3, 0.4) is 0 Å². The standard InChI is InChI=1S/C28H41N3O6/c1-6-7-15-22(32)25(33)23(18(2)3)29-26(34)21-14-11-16-31(21)27(35)24(19(4)5)30-28(36)37-17-20-12-9-8-10-13-20/h8-10,12-13,18-19,21,23-24H,6-7,11,14-17H2,1-5H3,(H,29,34)(H,30,36)/t21-,23-,24-/m0/s1. The number of unbranched alkanes of at least 4 members (excludes halogenated alkanes) is 1. The molecular formula is C28H41N3O6. The molecule has 1 fully saturated rings. The van der Waals surface area contributed by atoms with Crippen LogP contribution in [0.15, 0.2) is 30.3 Å². The number of nitrogens with one attached hydrogen (secondary N) is 2. The molecule has 0 aliphatic carbocycles. The number of ketones is 2. The second-order valence-electron chi connectivity index (χ2n) is 10.2. The maximum absolute atomic E-state index is 13.4. The van der Waals surface area contributed by atoms with Gasteiger partial charge >= 0.3 is 6.09 Å². The number of amides is 3. The van der Waals surface area contributed by atoms with Gasteiger partial charge in [0.25, 0.3) is 0 Å². The number of likely N-dealkylation sites (tertiary alicyclic amines) is 1. The van der Waals surface area contributed by atoms with E-state index in [0.29, 0.717) is 25.8 Å². The third-order valence-corrected chi connectivity index (χ3v) is 6.54. The van der Waals surface area contributed by atoms with Crippen LogP contribution in [0.25, 0.3) is 0 Å². The molecule has 204 valence electrons. The molecule has 0 aromatic heterocycles. The Morgan fingerprint density at radius 1 is 0.973 bits per heavy atom. The summed E-state index contributed by atoms with van der Waals surface area (Å²) in [4.78, 5) is 65.6. The molecular weight excluding hydrogens is 474 g/mol. The number of Topliss-reactive ketones (excluding diaryl/α,β-unsaturated/α-hetero) is 2. The minimum atomic E-state index is -0.943. The molecule has 1 aromatic carbocycles. The van der Waals surface area contributed by atoms with Crippen LogP contribution in [-0.2, 0) is 30.5 Å². The summed E-state index contributed by atoms with van der Waals surface area (Å²) >= 11 is 0. The summed E-state index contributed by atoms with van der Waals surface area (Å²) in [5.74, 6) is -2.46. The summed E-state index contributed by atoms with van der Waals surface area (Å²) in [6.45, 7) is 9.52. The van der Waals surface area contributed by atoms with Crippen molar-refractivity contribution in [1.82, 2.24) is 15.5 Å². The van der Waals surface area contributed by atoms with Gasteiger partial charge in [-0.1, -0.05) is 71.4 Å². The van der Waals surface area contributed by atoms with Crippen molar-refractivity contribution in [2.45, 2.75) is 91.5 Å². The summed E-state index contributed by atoms with van der Waals surface area (Å²) in [6, 6.07) is 6.61. The first kappa shape index (κ1) is 30.0. The van der Waals surface area contributed by atoms with Crippen molar-refractivity contribution in [3.8, 4) is 0 Å². The van der Waals surface area contributed by atoms with Crippen molar-refractivity contribution in [1.29, 1.82) is 0 Å². The summed E-state index contributed by atoms with van der Waals surface area (Å²) in [5, 5.41) is 5.38. The molecule has 1 saturated heterocycles. The number of ether oxygens (including phenoxy) is 1. The number of nitrogens with zero attached hydrogens (tertiary/aromatic N) is 1. The number of benzene rings is 1. The van der Waals surface area contributed by atoms with Crippen molar-refractivity contribution in [3.05, 3.63) is 35.9 Å². The van der Waals surface area contributed by atoms with Crippen molar-refractivity contribution in [2.24, 2.45) is 11.8 Å². The molecule has 0 unspecified atom stereocenters. The molecule has 0 radical (unpaired) electrons. The van der Waals surface area contributed by atoms with Gasteiger partial charge in [0.05, 0.1) is 6.04 Å². The molecule has 0 spiro atoms. The molecule has 1 aliphatic rings. The van der Waals surface area contributed by atoms with E-state index in [1.165, 1.54) is 4.90 Å². The lowest BCUT2D eigenvalue weighted by molar-refractivity contribution is -0.143. The van der Waals surface area contributed by atoms with E-state index in [-0.39, 0.29) is 30.8 Å². The summed E-state index contributed by atoms with van der Waals surface area (Å²) in [6.07, 6.45) is 1.90. The van der Waals surface area contributed by atoms with Crippen molar-refractivity contribution in [3.63, 3.8) is 0 Å². The average molecular weight is 516 g/mol. The normalized spacial score (nSPS) is 16.8. The highest BCUT2D eigenvalue weighted by atomic mass is 16.5. The van der Waals surface area contributed by atoms with Gasteiger partial charge in [-0.25, -0.2) is 4.79 Å². The van der Waals surface area contributed by atoms with Crippen LogP contribution in [0.5, 0.6) is 0 Å². The van der Waals surface area contributed by atoms with Gasteiger partial charge in [-0.05, 0) is 36.7 Å². The highest BCUT2D eigenvalue weighted by molar-refractivity contribution is 6.39. The van der Waals surface area contributed by atoms with Crippen LogP contribution in [0.2, 0.25) is 0 Å². The van der Waals surface area contributed by atoms with Gasteiger partial charge in [0.1, 0.15) is 18.7 Å². The quantitative estimate of drug-likeness (QED) is 0.388. The Morgan fingerprint density at radius 3 is 2.22 bits per heavy atom. The Balaban J connectivity index is 2.05. The zero-order valence-corrected chi connectivity index (χ0v) is 22.6. The Hall–Kier alpha value is -3.23. The van der Waals surface area contributed by atoms with Gasteiger partial charge in [0.2, 0.25) is 23.4 Å². The molecule has 2 rings (SSSR count). The van der Waals surface area contributed by atoms with Gasteiger partial charge in [0.15, 0.2) is 0 Å². The molecule has 37 heavy (non-hydrogen) atoms. The number of rotatable bonds is 13. The first-order valence-electron chi connectivity index (χ1n) is 13.2. The molecule has 1 aromatic rings. The molecule has 0 bridgehead atoms. The first-order valence-corrected chi connectivity index (χ1v) is 13.2. The van der Waals surface area contributed by atoms with Crippen LogP contribution >= 0.6 is 0 Å². The molecule has 3 amide bonds. The van der Waals surface area contributed by atoms with Gasteiger partial charge in [-0.2, -0.15) is 0 Å². The molecule has 2 N–H and O–H groups in total. The second kappa shape index (κ2) is 14.5. The molecule has 9 nitrogen and oxygen atoms in total. The van der Waals surface area contributed by atoms with Gasteiger partial charge in [0, 0.05) is 13.0 Å². The van der Waals surface area contributed by atoms with Crippen LogP contribution < -0.4 is 10.6 Å². The number of alkyl carbamates (subject to hydrolysis) is 1. The van der Waals surface area contributed by atoms with Crippen molar-refractivity contribution >= 4 is 29.5 Å². The number of hydrogen-bond donors (Lipinski definition) is 2. The third kappa shape index (κ3) is 8.68. The average Bonchev–Trinajstić information content (AvgIpc) is 3.37. The topological polar surface area (TPSA) is 122 Å². The van der Waals surface area contributed by atoms with Gasteiger partial charge in [-0.15, -0.1) is 0 Å². The van der Waals surface area contributed by atoms with Crippen LogP contribution in [0, 0.1) is 11.8 Å². The number of carbonyl (C=O) groups excluding carboxylic acids is 5. The van der Waals surface area contributed by atoms with E-state index in [4.69, 9.17) is 4.74 Å². The van der Waals surface area contributed by atoms with E-state index in [2.05, 4.69) is 10.6 Å². The Labute approximate surface area is 219 Å². The summed E-state index contributed by atoms with van der Waals surface area (Å²) < 4.78 is 5.28. The van der Waals surface area contributed by atoms with Crippen molar-refractivity contribution in [2.75, 3.05) is 6.54 Å². The summed E-state index contributed by atoms with van der Waals surface area (Å²) in [7, 11) is 0. The van der Waals surface area contributed by atoms with E-state index >= 15 is 0 Å². The minimum absolute atomic E-state index is 0.0714. The first-order chi connectivity index (χ1) is 17.6. The van der Waals surface area contributed by atoms with Crippen LogP contribution in [-0.4, -0.2) is 59.0 Å². The van der Waals surface area contributed by atoms with Gasteiger partial charge in [-0.3, -0.25) is 19.2 Å². The summed E-state index contributed by atoms with van der Waals surface area (Å²) in [5.41, 5.74) is 0.823. The molecule has 3 atom stereocenters. The fourth-order valence-corrected chi connectivity index (χ4v) is 4.31. The Bertz CT molecular complexity index is 946.